The van der Waals surface area contributed by atoms with E-state index in [-0.39, 0.29) is 30.6 Å². The Balaban J connectivity index is 0.00000294. The van der Waals surface area contributed by atoms with Crippen LogP contribution in [0, 0.1) is 11.3 Å². The van der Waals surface area contributed by atoms with Crippen LogP contribution in [0.1, 0.15) is 29.8 Å². The molecule has 0 amide bonds. The van der Waals surface area contributed by atoms with Crippen LogP contribution >= 0.6 is 12.4 Å². The molecule has 1 atom stereocenters. The Bertz CT molecular complexity index is 1710. The number of benzene rings is 2. The molecule has 38 heavy (non-hydrogen) atoms. The fourth-order valence-corrected chi connectivity index (χ4v) is 5.41. The molecule has 2 aromatic carbocycles. The van der Waals surface area contributed by atoms with Gasteiger partial charge in [-0.2, -0.15) is 5.26 Å². The summed E-state index contributed by atoms with van der Waals surface area (Å²) in [6, 6.07) is 20.2. The highest BCUT2D eigenvalue weighted by atomic mass is 35.5. The van der Waals surface area contributed by atoms with Gasteiger partial charge < -0.3 is 19.8 Å². The number of imidazole rings is 1. The fourth-order valence-electron chi connectivity index (χ4n) is 5.41. The second kappa shape index (κ2) is 10.3. The minimum absolute atomic E-state index is 0. The largest absolute Gasteiger partial charge is 0.355 e. The van der Waals surface area contributed by atoms with Crippen LogP contribution < -0.4 is 16.2 Å². The highest BCUT2D eigenvalue weighted by Crippen LogP contribution is 2.32. The lowest BCUT2D eigenvalue weighted by Gasteiger charge is -2.33. The molecule has 9 nitrogen and oxygen atoms in total. The minimum Gasteiger partial charge on any atom is -0.355 e. The third kappa shape index (κ3) is 4.32. The van der Waals surface area contributed by atoms with Gasteiger partial charge in [-0.3, -0.25) is 9.36 Å². The SMILES string of the molecule is Cl.Cn1c(Cn2cnc3c(C#N)c(N4CCCC(N)C4)n(Cc4ccccc4)c3c2=O)nc2ccccc21. The maximum atomic E-state index is 14.0. The van der Waals surface area contributed by atoms with E-state index in [2.05, 4.69) is 16.0 Å². The standard InChI is InChI=1S/C28H28N8O.ClH/c1-33-23-12-6-5-11-22(23)32-24(33)17-35-18-31-25-21(14-29)27(34-13-7-10-20(30)16-34)36(26(25)28(35)37)15-19-8-3-2-4-9-19;/h2-6,8-9,11-12,18,20H,7,10,13,15-17,30H2,1H3;1H. The third-order valence-electron chi connectivity index (χ3n) is 7.24. The summed E-state index contributed by atoms with van der Waals surface area (Å²) < 4.78 is 5.54. The van der Waals surface area contributed by atoms with Crippen molar-refractivity contribution in [3.63, 3.8) is 0 Å². The lowest BCUT2D eigenvalue weighted by molar-refractivity contribution is 0.498. The lowest BCUT2D eigenvalue weighted by atomic mass is 10.1. The first-order valence-corrected chi connectivity index (χ1v) is 12.5. The molecule has 1 unspecified atom stereocenters. The number of nitrogens with zero attached hydrogens (tertiary/aromatic N) is 7. The molecule has 3 aromatic heterocycles. The first-order valence-electron chi connectivity index (χ1n) is 12.5. The number of halogens is 1. The molecule has 1 aliphatic heterocycles. The molecule has 6 rings (SSSR count). The number of hydrogen-bond acceptors (Lipinski definition) is 6. The zero-order valence-electron chi connectivity index (χ0n) is 21.1. The van der Waals surface area contributed by atoms with Gasteiger partial charge in [-0.25, -0.2) is 9.97 Å². The minimum atomic E-state index is -0.197. The van der Waals surface area contributed by atoms with Crippen LogP contribution in [-0.4, -0.2) is 42.8 Å². The zero-order valence-corrected chi connectivity index (χ0v) is 21.9. The first kappa shape index (κ1) is 25.5. The summed E-state index contributed by atoms with van der Waals surface area (Å²) >= 11 is 0. The fraction of sp³-hybridized carbons (Fsp3) is 0.286. The van der Waals surface area contributed by atoms with E-state index in [0.717, 1.165) is 47.6 Å². The number of nitrogens with two attached hydrogens (primary N) is 1. The molecule has 1 saturated heterocycles. The van der Waals surface area contributed by atoms with E-state index in [4.69, 9.17) is 10.7 Å². The summed E-state index contributed by atoms with van der Waals surface area (Å²) in [5.41, 5.74) is 10.3. The Morgan fingerprint density at radius 2 is 1.87 bits per heavy atom. The van der Waals surface area contributed by atoms with Crippen LogP contribution in [0.2, 0.25) is 0 Å². The number of fused-ring (bicyclic) bond motifs is 2. The Morgan fingerprint density at radius 1 is 1.11 bits per heavy atom. The number of para-hydroxylation sites is 2. The van der Waals surface area contributed by atoms with Crippen molar-refractivity contribution in [2.24, 2.45) is 12.8 Å². The van der Waals surface area contributed by atoms with Gasteiger partial charge in [0.2, 0.25) is 0 Å². The number of nitriles is 1. The lowest BCUT2D eigenvalue weighted by Crippen LogP contribution is -2.44. The van der Waals surface area contributed by atoms with E-state index < -0.39 is 0 Å². The van der Waals surface area contributed by atoms with Crippen molar-refractivity contribution >= 4 is 40.3 Å². The summed E-state index contributed by atoms with van der Waals surface area (Å²) in [7, 11) is 1.95. The third-order valence-corrected chi connectivity index (χ3v) is 7.24. The van der Waals surface area contributed by atoms with Gasteiger partial charge in [0, 0.05) is 32.7 Å². The van der Waals surface area contributed by atoms with E-state index in [9.17, 15) is 10.1 Å². The summed E-state index contributed by atoms with van der Waals surface area (Å²) in [4.78, 5) is 25.5. The first-order chi connectivity index (χ1) is 18.0. The molecule has 0 radical (unpaired) electrons. The smallest absolute Gasteiger partial charge is 0.278 e. The average Bonchev–Trinajstić information content (AvgIpc) is 3.40. The highest BCUT2D eigenvalue weighted by molar-refractivity contribution is 5.89. The van der Waals surface area contributed by atoms with Crippen molar-refractivity contribution in [2.75, 3.05) is 18.0 Å². The van der Waals surface area contributed by atoms with Gasteiger partial charge in [0.05, 0.1) is 23.9 Å². The highest BCUT2D eigenvalue weighted by Gasteiger charge is 2.28. The van der Waals surface area contributed by atoms with Crippen molar-refractivity contribution in [2.45, 2.75) is 32.0 Å². The van der Waals surface area contributed by atoms with Crippen molar-refractivity contribution < 1.29 is 0 Å². The second-order valence-electron chi connectivity index (χ2n) is 9.68. The summed E-state index contributed by atoms with van der Waals surface area (Å²) in [6.45, 7) is 2.14. The van der Waals surface area contributed by atoms with E-state index >= 15 is 0 Å². The molecule has 1 aliphatic rings. The number of hydrogen-bond donors (Lipinski definition) is 1. The molecule has 0 spiro atoms. The van der Waals surface area contributed by atoms with Crippen molar-refractivity contribution in [1.82, 2.24) is 23.7 Å². The Labute approximate surface area is 226 Å². The molecule has 2 N–H and O–H groups in total. The average molecular weight is 529 g/mol. The van der Waals surface area contributed by atoms with Crippen molar-refractivity contribution in [3.05, 3.63) is 88.2 Å². The van der Waals surface area contributed by atoms with Gasteiger partial charge in [-0.1, -0.05) is 42.5 Å². The number of aromatic nitrogens is 5. The number of piperidine rings is 1. The van der Waals surface area contributed by atoms with Crippen LogP contribution in [0.15, 0.2) is 65.7 Å². The molecule has 1 fully saturated rings. The summed E-state index contributed by atoms with van der Waals surface area (Å²) in [5, 5.41) is 10.2. The molecular formula is C28H29ClN8O. The maximum Gasteiger partial charge on any atom is 0.278 e. The molecule has 194 valence electrons. The van der Waals surface area contributed by atoms with Gasteiger partial charge in [-0.15, -0.1) is 12.4 Å². The van der Waals surface area contributed by atoms with E-state index in [0.29, 0.717) is 29.7 Å². The monoisotopic (exact) mass is 528 g/mol. The Hall–Kier alpha value is -4.13. The van der Waals surface area contributed by atoms with Gasteiger partial charge in [0.25, 0.3) is 5.56 Å². The maximum absolute atomic E-state index is 14.0. The molecule has 4 heterocycles. The predicted molar refractivity (Wildman–Crippen MR) is 151 cm³/mol. The quantitative estimate of drug-likeness (QED) is 0.374. The molecule has 0 aliphatic carbocycles. The van der Waals surface area contributed by atoms with Crippen LogP contribution in [0.3, 0.4) is 0 Å². The topological polar surface area (TPSA) is 111 Å². The van der Waals surface area contributed by atoms with Crippen molar-refractivity contribution in [1.29, 1.82) is 5.26 Å². The molecule has 0 saturated carbocycles. The molecule has 5 aromatic rings. The molecule has 0 bridgehead atoms. The van der Waals surface area contributed by atoms with Crippen LogP contribution in [0.4, 0.5) is 5.82 Å². The summed E-state index contributed by atoms with van der Waals surface area (Å²) in [5.74, 6) is 1.48. The van der Waals surface area contributed by atoms with Gasteiger partial charge in [0.15, 0.2) is 0 Å². The van der Waals surface area contributed by atoms with Crippen molar-refractivity contribution in [3.8, 4) is 6.07 Å². The Kier molecular flexibility index (Phi) is 6.93. The molecular weight excluding hydrogens is 500 g/mol. The van der Waals surface area contributed by atoms with Crippen LogP contribution in [0.25, 0.3) is 22.1 Å². The summed E-state index contributed by atoms with van der Waals surface area (Å²) in [6.07, 6.45) is 3.41. The van der Waals surface area contributed by atoms with Gasteiger partial charge in [0.1, 0.15) is 34.3 Å². The second-order valence-corrected chi connectivity index (χ2v) is 9.68. The Morgan fingerprint density at radius 3 is 2.61 bits per heavy atom. The predicted octanol–water partition coefficient (Wildman–Crippen LogP) is 3.40. The van der Waals surface area contributed by atoms with E-state index in [1.807, 2.05) is 70.8 Å². The van der Waals surface area contributed by atoms with E-state index in [1.165, 1.54) is 6.33 Å². The van der Waals surface area contributed by atoms with E-state index in [1.54, 1.807) is 4.57 Å². The van der Waals surface area contributed by atoms with Crippen LogP contribution in [0.5, 0.6) is 0 Å². The number of rotatable bonds is 5. The number of anilines is 1. The van der Waals surface area contributed by atoms with Crippen LogP contribution in [-0.2, 0) is 20.1 Å². The zero-order chi connectivity index (χ0) is 25.5. The molecule has 10 heteroatoms. The van der Waals surface area contributed by atoms with Gasteiger partial charge >= 0.3 is 0 Å². The normalized spacial score (nSPS) is 15.5. The number of aryl methyl sites for hydroxylation is 1. The van der Waals surface area contributed by atoms with Gasteiger partial charge in [-0.05, 0) is 30.5 Å².